The van der Waals surface area contributed by atoms with E-state index in [0.29, 0.717) is 17.2 Å². The van der Waals surface area contributed by atoms with Crippen LogP contribution in [-0.2, 0) is 0 Å². The quantitative estimate of drug-likeness (QED) is 0.415. The molecule has 3 heterocycles. The van der Waals surface area contributed by atoms with Gasteiger partial charge in [-0.1, -0.05) is 12.1 Å². The van der Waals surface area contributed by atoms with E-state index in [-0.39, 0.29) is 17.7 Å². The number of nitrogens with one attached hydrogen (secondary N) is 1. The highest BCUT2D eigenvalue weighted by atomic mass is 32.1. The number of ether oxygens (including phenoxy) is 1. The SMILES string of the molecule is O=C(Nc1ccc(Oc2ncccn2)cc1)c1ccc(-c2nc3ccccc3s2)o1. The smallest absolute Gasteiger partial charge is 0.321 e. The van der Waals surface area contributed by atoms with Crippen LogP contribution in [0, 0.1) is 0 Å². The summed E-state index contributed by atoms with van der Waals surface area (Å²) in [7, 11) is 0. The number of carbonyl (C=O) groups excluding carboxylic acids is 1. The second-order valence-electron chi connectivity index (χ2n) is 6.26. The number of rotatable bonds is 5. The summed E-state index contributed by atoms with van der Waals surface area (Å²) < 4.78 is 12.3. The van der Waals surface area contributed by atoms with Crippen LogP contribution in [-0.4, -0.2) is 20.9 Å². The summed E-state index contributed by atoms with van der Waals surface area (Å²) in [6.07, 6.45) is 3.20. The van der Waals surface area contributed by atoms with Crippen LogP contribution in [0.15, 0.2) is 83.5 Å². The maximum absolute atomic E-state index is 12.5. The Labute approximate surface area is 175 Å². The third kappa shape index (κ3) is 3.76. The summed E-state index contributed by atoms with van der Waals surface area (Å²) >= 11 is 1.52. The van der Waals surface area contributed by atoms with Crippen molar-refractivity contribution in [1.82, 2.24) is 15.0 Å². The van der Waals surface area contributed by atoms with Crippen molar-refractivity contribution in [1.29, 1.82) is 0 Å². The van der Waals surface area contributed by atoms with Crippen molar-refractivity contribution in [2.45, 2.75) is 0 Å². The molecule has 146 valence electrons. The minimum Gasteiger partial charge on any atom is -0.448 e. The number of thiazole rings is 1. The van der Waals surface area contributed by atoms with Crippen LogP contribution in [0.25, 0.3) is 21.0 Å². The normalized spacial score (nSPS) is 10.8. The Bertz CT molecular complexity index is 1280. The van der Waals surface area contributed by atoms with Crippen molar-refractivity contribution in [3.8, 4) is 22.5 Å². The highest BCUT2D eigenvalue weighted by Crippen LogP contribution is 2.31. The van der Waals surface area contributed by atoms with Crippen molar-refractivity contribution >= 4 is 33.1 Å². The molecule has 1 amide bonds. The number of aromatic nitrogens is 3. The number of hydrogen-bond donors (Lipinski definition) is 1. The second-order valence-corrected chi connectivity index (χ2v) is 7.29. The average Bonchev–Trinajstić information content (AvgIpc) is 3.43. The summed E-state index contributed by atoms with van der Waals surface area (Å²) in [5, 5.41) is 3.54. The number of furan rings is 1. The Morgan fingerprint density at radius 3 is 2.53 bits per heavy atom. The second kappa shape index (κ2) is 7.76. The molecule has 5 aromatic rings. The molecule has 0 fully saturated rings. The summed E-state index contributed by atoms with van der Waals surface area (Å²) in [6, 6.07) is 20.1. The molecule has 3 aromatic heterocycles. The number of benzene rings is 2. The van der Waals surface area contributed by atoms with Gasteiger partial charge in [-0.15, -0.1) is 11.3 Å². The first kappa shape index (κ1) is 18.0. The van der Waals surface area contributed by atoms with Crippen LogP contribution in [0.2, 0.25) is 0 Å². The average molecular weight is 414 g/mol. The monoisotopic (exact) mass is 414 g/mol. The van der Waals surface area contributed by atoms with E-state index in [4.69, 9.17) is 9.15 Å². The predicted octanol–water partition coefficient (Wildman–Crippen LogP) is 5.39. The number of carbonyl (C=O) groups is 1. The number of anilines is 1. The van der Waals surface area contributed by atoms with Gasteiger partial charge in [-0.2, -0.15) is 0 Å². The molecule has 0 atom stereocenters. The van der Waals surface area contributed by atoms with Gasteiger partial charge in [-0.05, 0) is 54.6 Å². The molecule has 0 aliphatic heterocycles. The third-order valence-corrected chi connectivity index (χ3v) is 5.25. The molecule has 0 spiro atoms. The van der Waals surface area contributed by atoms with Gasteiger partial charge in [0.2, 0.25) is 0 Å². The summed E-state index contributed by atoms with van der Waals surface area (Å²) in [5.41, 5.74) is 1.52. The van der Waals surface area contributed by atoms with E-state index >= 15 is 0 Å². The van der Waals surface area contributed by atoms with Gasteiger partial charge in [0.1, 0.15) is 5.75 Å². The number of fused-ring (bicyclic) bond motifs is 1. The van der Waals surface area contributed by atoms with E-state index in [1.54, 1.807) is 54.9 Å². The highest BCUT2D eigenvalue weighted by Gasteiger charge is 2.15. The largest absolute Gasteiger partial charge is 0.448 e. The van der Waals surface area contributed by atoms with Gasteiger partial charge in [-0.3, -0.25) is 4.79 Å². The van der Waals surface area contributed by atoms with Crippen LogP contribution >= 0.6 is 11.3 Å². The number of para-hydroxylation sites is 1. The lowest BCUT2D eigenvalue weighted by atomic mass is 10.3. The Kier molecular flexibility index (Phi) is 4.66. The van der Waals surface area contributed by atoms with Gasteiger partial charge in [0.25, 0.3) is 5.91 Å². The minimum absolute atomic E-state index is 0.210. The van der Waals surface area contributed by atoms with Crippen molar-refractivity contribution in [3.63, 3.8) is 0 Å². The van der Waals surface area contributed by atoms with Gasteiger partial charge in [0.15, 0.2) is 16.5 Å². The first-order chi connectivity index (χ1) is 14.7. The molecule has 0 aliphatic rings. The number of nitrogens with zero attached hydrogens (tertiary/aromatic N) is 3. The van der Waals surface area contributed by atoms with Gasteiger partial charge in [0.05, 0.1) is 10.2 Å². The highest BCUT2D eigenvalue weighted by molar-refractivity contribution is 7.21. The summed E-state index contributed by atoms with van der Waals surface area (Å²) in [4.78, 5) is 25.1. The molecule has 0 aliphatic carbocycles. The lowest BCUT2D eigenvalue weighted by Gasteiger charge is -2.06. The van der Waals surface area contributed by atoms with E-state index < -0.39 is 0 Å². The molecule has 7 nitrogen and oxygen atoms in total. The molecule has 5 rings (SSSR count). The minimum atomic E-state index is -0.345. The van der Waals surface area contributed by atoms with Crippen molar-refractivity contribution < 1.29 is 13.9 Å². The Balaban J connectivity index is 1.27. The molecule has 0 saturated heterocycles. The number of hydrogen-bond acceptors (Lipinski definition) is 7. The van der Waals surface area contributed by atoms with E-state index in [1.165, 1.54) is 11.3 Å². The fourth-order valence-electron chi connectivity index (χ4n) is 2.79. The van der Waals surface area contributed by atoms with Gasteiger partial charge in [0, 0.05) is 18.1 Å². The van der Waals surface area contributed by atoms with E-state index in [9.17, 15) is 4.79 Å². The molecule has 8 heteroatoms. The first-order valence-corrected chi connectivity index (χ1v) is 9.88. The predicted molar refractivity (Wildman–Crippen MR) is 114 cm³/mol. The molecule has 30 heavy (non-hydrogen) atoms. The van der Waals surface area contributed by atoms with E-state index in [2.05, 4.69) is 20.3 Å². The summed E-state index contributed by atoms with van der Waals surface area (Å²) in [6.45, 7) is 0. The maximum atomic E-state index is 12.5. The summed E-state index contributed by atoms with van der Waals surface area (Å²) in [5.74, 6) is 0.993. The first-order valence-electron chi connectivity index (χ1n) is 9.07. The lowest BCUT2D eigenvalue weighted by Crippen LogP contribution is -2.10. The fraction of sp³-hybridized carbons (Fsp3) is 0. The zero-order chi connectivity index (χ0) is 20.3. The van der Waals surface area contributed by atoms with Gasteiger partial charge in [-0.25, -0.2) is 15.0 Å². The molecular weight excluding hydrogens is 400 g/mol. The number of amides is 1. The molecule has 0 bridgehead atoms. The lowest BCUT2D eigenvalue weighted by molar-refractivity contribution is 0.0997. The van der Waals surface area contributed by atoms with Crippen molar-refractivity contribution in [2.24, 2.45) is 0 Å². The molecule has 0 radical (unpaired) electrons. The maximum Gasteiger partial charge on any atom is 0.321 e. The van der Waals surface area contributed by atoms with Crippen LogP contribution in [0.5, 0.6) is 11.8 Å². The molecule has 0 saturated carbocycles. The molecular formula is C22H14N4O3S. The van der Waals surface area contributed by atoms with Crippen LogP contribution in [0.3, 0.4) is 0 Å². The Morgan fingerprint density at radius 1 is 0.933 bits per heavy atom. The van der Waals surface area contributed by atoms with Crippen LogP contribution < -0.4 is 10.1 Å². The van der Waals surface area contributed by atoms with Gasteiger partial charge < -0.3 is 14.5 Å². The zero-order valence-electron chi connectivity index (χ0n) is 15.5. The third-order valence-electron chi connectivity index (χ3n) is 4.20. The van der Waals surface area contributed by atoms with Crippen molar-refractivity contribution in [3.05, 3.63) is 84.9 Å². The zero-order valence-corrected chi connectivity index (χ0v) is 16.3. The Hall–Kier alpha value is -4.04. The van der Waals surface area contributed by atoms with Crippen molar-refractivity contribution in [2.75, 3.05) is 5.32 Å². The topological polar surface area (TPSA) is 90.1 Å². The van der Waals surface area contributed by atoms with Gasteiger partial charge >= 0.3 is 6.01 Å². The van der Waals surface area contributed by atoms with Crippen LogP contribution in [0.1, 0.15) is 10.6 Å². The molecule has 0 unspecified atom stereocenters. The van der Waals surface area contributed by atoms with E-state index in [1.807, 2.05) is 24.3 Å². The molecule has 1 N–H and O–H groups in total. The van der Waals surface area contributed by atoms with Crippen LogP contribution in [0.4, 0.5) is 5.69 Å². The fourth-order valence-corrected chi connectivity index (χ4v) is 3.72. The molecule has 2 aromatic carbocycles. The Morgan fingerprint density at radius 2 is 1.73 bits per heavy atom. The standard InChI is InChI=1S/C22H14N4O3S/c27-20(25-14-6-8-15(9-7-14)28-22-23-12-3-13-24-22)17-10-11-18(29-17)21-26-16-4-1-2-5-19(16)30-21/h1-13H,(H,25,27). The van der Waals surface area contributed by atoms with E-state index in [0.717, 1.165) is 15.2 Å².